The summed E-state index contributed by atoms with van der Waals surface area (Å²) in [7, 11) is 0. The molecule has 0 spiro atoms. The number of benzene rings is 2. The quantitative estimate of drug-likeness (QED) is 0.453. The largest absolute Gasteiger partial charge is 0.480 e. The van der Waals surface area contributed by atoms with Crippen molar-refractivity contribution in [3.8, 4) is 11.5 Å². The number of azo groups is 1. The van der Waals surface area contributed by atoms with Crippen molar-refractivity contribution in [1.29, 1.82) is 0 Å². The van der Waals surface area contributed by atoms with Gasteiger partial charge in [0.2, 0.25) is 0 Å². The second kappa shape index (κ2) is 11.3. The van der Waals surface area contributed by atoms with Crippen molar-refractivity contribution in [1.82, 2.24) is 0 Å². The van der Waals surface area contributed by atoms with Gasteiger partial charge >= 0.3 is 11.9 Å². The Balaban J connectivity index is 2.09. The zero-order valence-corrected chi connectivity index (χ0v) is 15.8. The van der Waals surface area contributed by atoms with Crippen molar-refractivity contribution in [2.24, 2.45) is 10.2 Å². The molecule has 0 saturated heterocycles. The number of esters is 2. The third-order valence-electron chi connectivity index (χ3n) is 3.30. The number of carbonyl (C=O) groups is 2. The molecular weight excluding hydrogens is 364 g/mol. The van der Waals surface area contributed by atoms with Crippen LogP contribution in [0.2, 0.25) is 0 Å². The second-order valence-corrected chi connectivity index (χ2v) is 5.32. The van der Waals surface area contributed by atoms with E-state index in [4.69, 9.17) is 18.9 Å². The van der Waals surface area contributed by atoms with Crippen LogP contribution >= 0.6 is 0 Å². The molecule has 0 N–H and O–H groups in total. The van der Waals surface area contributed by atoms with Gasteiger partial charge in [-0.05, 0) is 38.1 Å². The molecule has 0 saturated carbocycles. The van der Waals surface area contributed by atoms with Crippen molar-refractivity contribution in [2.45, 2.75) is 13.8 Å². The minimum atomic E-state index is -0.466. The van der Waals surface area contributed by atoms with E-state index in [1.165, 1.54) is 0 Å². The van der Waals surface area contributed by atoms with Crippen LogP contribution in [0.5, 0.6) is 11.5 Å². The highest BCUT2D eigenvalue weighted by Gasteiger charge is 2.09. The average molecular weight is 386 g/mol. The van der Waals surface area contributed by atoms with Gasteiger partial charge in [-0.3, -0.25) is 0 Å². The monoisotopic (exact) mass is 386 g/mol. The molecule has 0 aliphatic rings. The molecule has 2 rings (SSSR count). The Hall–Kier alpha value is -3.42. The molecule has 0 heterocycles. The van der Waals surface area contributed by atoms with Crippen LogP contribution in [0.25, 0.3) is 0 Å². The van der Waals surface area contributed by atoms with Gasteiger partial charge in [-0.1, -0.05) is 24.3 Å². The fraction of sp³-hybridized carbons (Fsp3) is 0.300. The van der Waals surface area contributed by atoms with E-state index in [1.54, 1.807) is 62.4 Å². The minimum Gasteiger partial charge on any atom is -0.480 e. The molecule has 2 aromatic rings. The predicted octanol–water partition coefficient (Wildman–Crippen LogP) is 3.99. The van der Waals surface area contributed by atoms with Crippen LogP contribution in [0.15, 0.2) is 58.8 Å². The summed E-state index contributed by atoms with van der Waals surface area (Å²) in [6.45, 7) is 3.57. The van der Waals surface area contributed by atoms with Crippen LogP contribution < -0.4 is 9.47 Å². The zero-order chi connectivity index (χ0) is 20.2. The van der Waals surface area contributed by atoms with E-state index in [9.17, 15) is 9.59 Å². The highest BCUT2D eigenvalue weighted by atomic mass is 16.6. The van der Waals surface area contributed by atoms with Crippen molar-refractivity contribution in [2.75, 3.05) is 26.4 Å². The number of ether oxygens (including phenoxy) is 4. The lowest BCUT2D eigenvalue weighted by atomic mass is 10.3. The van der Waals surface area contributed by atoms with E-state index < -0.39 is 11.9 Å². The van der Waals surface area contributed by atoms with Crippen molar-refractivity contribution < 1.29 is 28.5 Å². The molecular formula is C20H22N2O6. The van der Waals surface area contributed by atoms with Gasteiger partial charge in [0.25, 0.3) is 0 Å². The van der Waals surface area contributed by atoms with Gasteiger partial charge in [0.15, 0.2) is 13.2 Å². The van der Waals surface area contributed by atoms with Gasteiger partial charge in [0, 0.05) is 0 Å². The maximum Gasteiger partial charge on any atom is 0.344 e. The van der Waals surface area contributed by atoms with Crippen LogP contribution in [0.3, 0.4) is 0 Å². The average Bonchev–Trinajstić information content (AvgIpc) is 2.71. The molecule has 0 aliphatic heterocycles. The van der Waals surface area contributed by atoms with Gasteiger partial charge in [-0.25, -0.2) is 9.59 Å². The lowest BCUT2D eigenvalue weighted by molar-refractivity contribution is -0.146. The van der Waals surface area contributed by atoms with Crippen molar-refractivity contribution in [3.05, 3.63) is 48.5 Å². The Morgan fingerprint density at radius 1 is 0.714 bits per heavy atom. The Morgan fingerprint density at radius 3 is 1.50 bits per heavy atom. The summed E-state index contributed by atoms with van der Waals surface area (Å²) < 4.78 is 20.6. The number of hydrogen-bond donors (Lipinski definition) is 0. The molecule has 0 aromatic heterocycles. The van der Waals surface area contributed by atoms with E-state index in [0.717, 1.165) is 0 Å². The number of hydrogen-bond acceptors (Lipinski definition) is 8. The number of para-hydroxylation sites is 2. The van der Waals surface area contributed by atoms with E-state index in [2.05, 4.69) is 10.2 Å². The second-order valence-electron chi connectivity index (χ2n) is 5.32. The Bertz CT molecular complexity index is 754. The fourth-order valence-electron chi connectivity index (χ4n) is 2.11. The molecule has 0 aliphatic carbocycles. The fourth-order valence-corrected chi connectivity index (χ4v) is 2.11. The first-order chi connectivity index (χ1) is 13.6. The molecule has 28 heavy (non-hydrogen) atoms. The molecule has 0 bridgehead atoms. The van der Waals surface area contributed by atoms with Crippen LogP contribution in [0, 0.1) is 0 Å². The number of nitrogens with zero attached hydrogens (tertiary/aromatic N) is 2. The molecule has 0 atom stereocenters. The van der Waals surface area contributed by atoms with Gasteiger partial charge in [0.05, 0.1) is 13.2 Å². The van der Waals surface area contributed by atoms with Crippen LogP contribution in [0.4, 0.5) is 11.4 Å². The lowest BCUT2D eigenvalue weighted by Crippen LogP contribution is -2.14. The molecule has 0 radical (unpaired) electrons. The molecule has 8 heteroatoms. The third-order valence-corrected chi connectivity index (χ3v) is 3.30. The maximum absolute atomic E-state index is 11.5. The molecule has 148 valence electrons. The van der Waals surface area contributed by atoms with E-state index in [0.29, 0.717) is 22.9 Å². The standard InChI is InChI=1S/C20H22N2O6/c1-3-25-19(23)13-27-17-11-7-5-9-15(17)21-22-16-10-6-8-12-18(16)28-14-20(24)26-4-2/h5-12H,3-4,13-14H2,1-2H3. The summed E-state index contributed by atoms with van der Waals surface area (Å²) in [6, 6.07) is 13.8. The Labute approximate surface area is 163 Å². The third kappa shape index (κ3) is 6.71. The number of carbonyl (C=O) groups excluding carboxylic acids is 2. The first kappa shape index (κ1) is 20.9. The van der Waals surface area contributed by atoms with Gasteiger partial charge in [-0.15, -0.1) is 10.2 Å². The molecule has 0 unspecified atom stereocenters. The zero-order valence-electron chi connectivity index (χ0n) is 15.8. The SMILES string of the molecule is CCOC(=O)COc1ccccc1N=Nc1ccccc1OCC(=O)OCC. The summed E-state index contributed by atoms with van der Waals surface area (Å²) >= 11 is 0. The highest BCUT2D eigenvalue weighted by Crippen LogP contribution is 2.32. The lowest BCUT2D eigenvalue weighted by Gasteiger charge is -2.09. The first-order valence-electron chi connectivity index (χ1n) is 8.80. The van der Waals surface area contributed by atoms with E-state index in [1.807, 2.05) is 0 Å². The molecule has 0 amide bonds. The number of rotatable bonds is 10. The Kier molecular flexibility index (Phi) is 8.45. The Morgan fingerprint density at radius 2 is 1.11 bits per heavy atom. The van der Waals surface area contributed by atoms with E-state index in [-0.39, 0.29) is 26.4 Å². The predicted molar refractivity (Wildman–Crippen MR) is 101 cm³/mol. The van der Waals surface area contributed by atoms with Crippen LogP contribution in [-0.2, 0) is 19.1 Å². The summed E-state index contributed by atoms with van der Waals surface area (Å²) in [5.41, 5.74) is 0.874. The van der Waals surface area contributed by atoms with Gasteiger partial charge in [0.1, 0.15) is 22.9 Å². The minimum absolute atomic E-state index is 0.223. The highest BCUT2D eigenvalue weighted by molar-refractivity contribution is 5.72. The normalized spacial score (nSPS) is 10.5. The van der Waals surface area contributed by atoms with Crippen LogP contribution in [0.1, 0.15) is 13.8 Å². The molecule has 8 nitrogen and oxygen atoms in total. The van der Waals surface area contributed by atoms with E-state index >= 15 is 0 Å². The summed E-state index contributed by atoms with van der Waals surface area (Å²) in [5.74, 6) is -0.146. The molecule has 0 fully saturated rings. The molecule has 2 aromatic carbocycles. The van der Waals surface area contributed by atoms with Crippen molar-refractivity contribution in [3.63, 3.8) is 0 Å². The first-order valence-corrected chi connectivity index (χ1v) is 8.80. The summed E-state index contributed by atoms with van der Waals surface area (Å²) in [5, 5.41) is 8.35. The summed E-state index contributed by atoms with van der Waals surface area (Å²) in [6.07, 6.45) is 0. The smallest absolute Gasteiger partial charge is 0.344 e. The van der Waals surface area contributed by atoms with Crippen molar-refractivity contribution >= 4 is 23.3 Å². The maximum atomic E-state index is 11.5. The van der Waals surface area contributed by atoms with Gasteiger partial charge < -0.3 is 18.9 Å². The topological polar surface area (TPSA) is 95.8 Å². The summed E-state index contributed by atoms with van der Waals surface area (Å²) in [4.78, 5) is 22.9. The van der Waals surface area contributed by atoms with Gasteiger partial charge in [-0.2, -0.15) is 0 Å². The van der Waals surface area contributed by atoms with Crippen LogP contribution in [-0.4, -0.2) is 38.4 Å².